The minimum Gasteiger partial charge on any atom is -0.508 e. The van der Waals surface area contributed by atoms with Gasteiger partial charge in [-0.1, -0.05) is 12.1 Å². The zero-order chi connectivity index (χ0) is 16.5. The molecule has 2 aromatic rings. The summed E-state index contributed by atoms with van der Waals surface area (Å²) in [4.78, 5) is 27.4. The Balaban J connectivity index is 1.62. The van der Waals surface area contributed by atoms with Gasteiger partial charge in [0.15, 0.2) is 0 Å². The minimum atomic E-state index is -0.344. The van der Waals surface area contributed by atoms with Gasteiger partial charge in [0.25, 0.3) is 5.91 Å². The SMILES string of the molecule is O=C(NCCCNC(=O)c1cccc(O)c1)Nc1ccccn1. The monoisotopic (exact) mass is 314 g/mol. The van der Waals surface area contributed by atoms with Gasteiger partial charge in [0.1, 0.15) is 11.6 Å². The zero-order valence-corrected chi connectivity index (χ0v) is 12.5. The molecule has 4 N–H and O–H groups in total. The summed E-state index contributed by atoms with van der Waals surface area (Å²) < 4.78 is 0. The van der Waals surface area contributed by atoms with Crippen LogP contribution in [0.25, 0.3) is 0 Å². The third kappa shape index (κ3) is 5.66. The number of hydrogen-bond acceptors (Lipinski definition) is 4. The lowest BCUT2D eigenvalue weighted by molar-refractivity contribution is 0.0953. The largest absolute Gasteiger partial charge is 0.508 e. The molecule has 7 nitrogen and oxygen atoms in total. The van der Waals surface area contributed by atoms with Crippen LogP contribution < -0.4 is 16.0 Å². The first-order valence-electron chi connectivity index (χ1n) is 7.18. The quantitative estimate of drug-likeness (QED) is 0.610. The van der Waals surface area contributed by atoms with Crippen LogP contribution in [0.15, 0.2) is 48.7 Å². The molecule has 120 valence electrons. The van der Waals surface area contributed by atoms with Crippen LogP contribution >= 0.6 is 0 Å². The van der Waals surface area contributed by atoms with Gasteiger partial charge in [0.05, 0.1) is 0 Å². The van der Waals surface area contributed by atoms with E-state index in [0.29, 0.717) is 30.9 Å². The van der Waals surface area contributed by atoms with Crippen LogP contribution in [-0.2, 0) is 0 Å². The topological polar surface area (TPSA) is 103 Å². The van der Waals surface area contributed by atoms with E-state index in [2.05, 4.69) is 20.9 Å². The Hall–Kier alpha value is -3.09. The van der Waals surface area contributed by atoms with E-state index in [1.165, 1.54) is 12.1 Å². The lowest BCUT2D eigenvalue weighted by Crippen LogP contribution is -2.32. The Morgan fingerprint density at radius 1 is 1.04 bits per heavy atom. The van der Waals surface area contributed by atoms with Crippen LogP contribution in [0.4, 0.5) is 10.6 Å². The number of benzene rings is 1. The maximum absolute atomic E-state index is 11.8. The van der Waals surface area contributed by atoms with Crippen LogP contribution in [0.1, 0.15) is 16.8 Å². The standard InChI is InChI=1S/C16H18N4O3/c21-13-6-3-5-12(11-13)15(22)18-9-4-10-19-16(23)20-14-7-1-2-8-17-14/h1-3,5-8,11,21H,4,9-10H2,(H,18,22)(H2,17,19,20,23). The molecule has 0 spiro atoms. The summed E-state index contributed by atoms with van der Waals surface area (Å²) in [6, 6.07) is 11.0. The van der Waals surface area contributed by atoms with Gasteiger partial charge in [-0.05, 0) is 36.8 Å². The number of pyridine rings is 1. The number of hydrogen-bond donors (Lipinski definition) is 4. The van der Waals surface area contributed by atoms with Crippen molar-refractivity contribution in [1.29, 1.82) is 0 Å². The van der Waals surface area contributed by atoms with E-state index >= 15 is 0 Å². The molecule has 1 aromatic carbocycles. The summed E-state index contributed by atoms with van der Waals surface area (Å²) in [7, 11) is 0. The van der Waals surface area contributed by atoms with E-state index in [4.69, 9.17) is 0 Å². The highest BCUT2D eigenvalue weighted by atomic mass is 16.3. The maximum atomic E-state index is 11.8. The lowest BCUT2D eigenvalue weighted by Gasteiger charge is -2.08. The first-order valence-corrected chi connectivity index (χ1v) is 7.18. The van der Waals surface area contributed by atoms with E-state index < -0.39 is 0 Å². The number of phenols is 1. The summed E-state index contributed by atoms with van der Waals surface area (Å²) in [5, 5.41) is 17.3. The number of carbonyl (C=O) groups excluding carboxylic acids is 2. The van der Waals surface area contributed by atoms with Crippen molar-refractivity contribution in [1.82, 2.24) is 15.6 Å². The molecule has 0 radical (unpaired) electrons. The van der Waals surface area contributed by atoms with Crippen molar-refractivity contribution >= 4 is 17.8 Å². The molecule has 0 unspecified atom stereocenters. The van der Waals surface area contributed by atoms with Crippen molar-refractivity contribution in [2.75, 3.05) is 18.4 Å². The Labute approximate surface area is 133 Å². The third-order valence-corrected chi connectivity index (χ3v) is 2.94. The molecule has 0 saturated heterocycles. The van der Waals surface area contributed by atoms with E-state index in [9.17, 15) is 14.7 Å². The highest BCUT2D eigenvalue weighted by Crippen LogP contribution is 2.10. The molecule has 0 aliphatic rings. The van der Waals surface area contributed by atoms with E-state index in [1.807, 2.05) is 0 Å². The van der Waals surface area contributed by atoms with Gasteiger partial charge < -0.3 is 15.7 Å². The summed E-state index contributed by atoms with van der Waals surface area (Å²) in [5.74, 6) is 0.256. The highest BCUT2D eigenvalue weighted by molar-refractivity contribution is 5.94. The Morgan fingerprint density at radius 2 is 1.87 bits per heavy atom. The lowest BCUT2D eigenvalue weighted by atomic mass is 10.2. The smallest absolute Gasteiger partial charge is 0.320 e. The number of aromatic hydroxyl groups is 1. The molecule has 0 aliphatic heterocycles. The Bertz CT molecular complexity index is 661. The van der Waals surface area contributed by atoms with Crippen LogP contribution in [0, 0.1) is 0 Å². The van der Waals surface area contributed by atoms with Crippen molar-refractivity contribution in [3.63, 3.8) is 0 Å². The molecule has 1 aromatic heterocycles. The van der Waals surface area contributed by atoms with Crippen LogP contribution in [-0.4, -0.2) is 35.1 Å². The van der Waals surface area contributed by atoms with Gasteiger partial charge in [-0.3, -0.25) is 10.1 Å². The second-order valence-electron chi connectivity index (χ2n) is 4.76. The Kier molecular flexibility index (Phi) is 5.93. The number of anilines is 1. The number of carbonyl (C=O) groups is 2. The van der Waals surface area contributed by atoms with Crippen LogP contribution in [0.3, 0.4) is 0 Å². The second kappa shape index (κ2) is 8.38. The predicted octanol–water partition coefficient (Wildman–Crippen LogP) is 1.73. The highest BCUT2D eigenvalue weighted by Gasteiger charge is 2.05. The number of aromatic nitrogens is 1. The van der Waals surface area contributed by atoms with Crippen molar-refractivity contribution in [2.24, 2.45) is 0 Å². The number of rotatable bonds is 6. The Morgan fingerprint density at radius 3 is 2.61 bits per heavy atom. The van der Waals surface area contributed by atoms with Crippen LogP contribution in [0.5, 0.6) is 5.75 Å². The van der Waals surface area contributed by atoms with E-state index in [0.717, 1.165) is 0 Å². The molecule has 0 saturated carbocycles. The first kappa shape index (κ1) is 16.3. The second-order valence-corrected chi connectivity index (χ2v) is 4.76. The van der Waals surface area contributed by atoms with Crippen molar-refractivity contribution in [3.8, 4) is 5.75 Å². The first-order chi connectivity index (χ1) is 11.1. The fourth-order valence-corrected chi connectivity index (χ4v) is 1.84. The molecule has 2 rings (SSSR count). The molecule has 23 heavy (non-hydrogen) atoms. The molecular formula is C16H18N4O3. The normalized spacial score (nSPS) is 9.91. The zero-order valence-electron chi connectivity index (χ0n) is 12.5. The fraction of sp³-hybridized carbons (Fsp3) is 0.188. The van der Waals surface area contributed by atoms with Gasteiger partial charge in [-0.25, -0.2) is 9.78 Å². The molecular weight excluding hydrogens is 296 g/mol. The van der Waals surface area contributed by atoms with E-state index in [1.54, 1.807) is 36.5 Å². The number of phenolic OH excluding ortho intramolecular Hbond substituents is 1. The fourth-order valence-electron chi connectivity index (χ4n) is 1.84. The molecule has 0 aliphatic carbocycles. The number of amides is 3. The van der Waals surface area contributed by atoms with Gasteiger partial charge in [0, 0.05) is 24.8 Å². The summed E-state index contributed by atoms with van der Waals surface area (Å²) in [6.45, 7) is 0.831. The number of nitrogens with zero attached hydrogens (tertiary/aromatic N) is 1. The molecule has 1 heterocycles. The average Bonchev–Trinajstić information content (AvgIpc) is 2.55. The van der Waals surface area contributed by atoms with Crippen molar-refractivity contribution < 1.29 is 14.7 Å². The summed E-state index contributed by atoms with van der Waals surface area (Å²) in [5.41, 5.74) is 0.394. The summed E-state index contributed by atoms with van der Waals surface area (Å²) >= 11 is 0. The molecule has 7 heteroatoms. The van der Waals surface area contributed by atoms with Gasteiger partial charge in [0.2, 0.25) is 0 Å². The van der Waals surface area contributed by atoms with Gasteiger partial charge in [-0.15, -0.1) is 0 Å². The van der Waals surface area contributed by atoms with Gasteiger partial charge in [-0.2, -0.15) is 0 Å². The predicted molar refractivity (Wildman–Crippen MR) is 86.3 cm³/mol. The molecule has 0 atom stereocenters. The molecule has 0 bridgehead atoms. The number of urea groups is 1. The van der Waals surface area contributed by atoms with Crippen LogP contribution in [0.2, 0.25) is 0 Å². The van der Waals surface area contributed by atoms with Crippen molar-refractivity contribution in [3.05, 3.63) is 54.2 Å². The maximum Gasteiger partial charge on any atom is 0.320 e. The minimum absolute atomic E-state index is 0.0468. The van der Waals surface area contributed by atoms with E-state index in [-0.39, 0.29) is 17.7 Å². The number of nitrogens with one attached hydrogen (secondary N) is 3. The molecule has 3 amide bonds. The third-order valence-electron chi connectivity index (χ3n) is 2.94. The average molecular weight is 314 g/mol. The van der Waals surface area contributed by atoms with Gasteiger partial charge >= 0.3 is 6.03 Å². The van der Waals surface area contributed by atoms with Crippen molar-refractivity contribution in [2.45, 2.75) is 6.42 Å². The summed E-state index contributed by atoms with van der Waals surface area (Å²) in [6.07, 6.45) is 2.17. The molecule has 0 fully saturated rings.